The monoisotopic (exact) mass is 390 g/mol. The number of benzene rings is 1. The van der Waals surface area contributed by atoms with E-state index in [0.29, 0.717) is 28.5 Å². The molecule has 1 saturated heterocycles. The number of non-ortho nitro benzene ring substituents is 1. The van der Waals surface area contributed by atoms with E-state index in [9.17, 15) is 19.7 Å². The second-order valence-electron chi connectivity index (χ2n) is 4.42. The summed E-state index contributed by atoms with van der Waals surface area (Å²) in [7, 11) is 0. The van der Waals surface area contributed by atoms with Crippen molar-refractivity contribution in [1.82, 2.24) is 4.90 Å². The third-order valence-electron chi connectivity index (χ3n) is 3.19. The highest BCUT2D eigenvalue weighted by molar-refractivity contribution is 14.1. The fourth-order valence-corrected chi connectivity index (χ4v) is 2.94. The van der Waals surface area contributed by atoms with Crippen LogP contribution in [0, 0.1) is 13.7 Å². The van der Waals surface area contributed by atoms with Crippen LogP contribution in [0.5, 0.6) is 0 Å². The molecule has 0 aromatic heterocycles. The second-order valence-corrected chi connectivity index (χ2v) is 5.58. The normalized spacial score (nSPS) is 18.1. The molecular weight excluding hydrogens is 379 g/mol. The maximum absolute atomic E-state index is 12.4. The van der Waals surface area contributed by atoms with Gasteiger partial charge in [0, 0.05) is 22.2 Å². The summed E-state index contributed by atoms with van der Waals surface area (Å²) >= 11 is 1.85. The zero-order valence-corrected chi connectivity index (χ0v) is 12.4. The number of amides is 1. The molecule has 1 atom stereocenters. The zero-order chi connectivity index (χ0) is 14.9. The molecule has 0 spiro atoms. The lowest BCUT2D eigenvalue weighted by molar-refractivity contribution is -0.384. The van der Waals surface area contributed by atoms with Gasteiger partial charge in [-0.25, -0.2) is 4.79 Å². The summed E-state index contributed by atoms with van der Waals surface area (Å²) in [5, 5.41) is 19.7. The predicted octanol–water partition coefficient (Wildman–Crippen LogP) is 1.89. The van der Waals surface area contributed by atoms with Crippen molar-refractivity contribution in [2.45, 2.75) is 18.9 Å². The minimum atomic E-state index is -1.02. The summed E-state index contributed by atoms with van der Waals surface area (Å²) in [6.45, 7) is 0.392. The summed E-state index contributed by atoms with van der Waals surface area (Å²) in [5.41, 5.74) is 0.200. The van der Waals surface area contributed by atoms with Crippen LogP contribution >= 0.6 is 22.6 Å². The lowest BCUT2D eigenvalue weighted by Gasteiger charge is -2.21. The van der Waals surface area contributed by atoms with E-state index in [0.717, 1.165) is 0 Å². The van der Waals surface area contributed by atoms with E-state index in [4.69, 9.17) is 5.11 Å². The molecule has 0 aliphatic carbocycles. The standard InChI is InChI=1S/C12H11IN2O5/c13-9-6-7(15(19)20)3-4-8(9)11(16)14-5-1-2-10(14)12(17)18/h3-4,6,10H,1-2,5H2,(H,17,18)/t10-/m0/s1. The summed E-state index contributed by atoms with van der Waals surface area (Å²) < 4.78 is 0.442. The molecule has 8 heteroatoms. The van der Waals surface area contributed by atoms with Crippen LogP contribution in [0.2, 0.25) is 0 Å². The van der Waals surface area contributed by atoms with Crippen molar-refractivity contribution < 1.29 is 19.6 Å². The van der Waals surface area contributed by atoms with Crippen molar-refractivity contribution in [3.63, 3.8) is 0 Å². The first kappa shape index (κ1) is 14.7. The second kappa shape index (κ2) is 5.73. The van der Waals surface area contributed by atoms with Crippen LogP contribution in [0.4, 0.5) is 5.69 Å². The van der Waals surface area contributed by atoms with Gasteiger partial charge in [0.1, 0.15) is 6.04 Å². The van der Waals surface area contributed by atoms with Gasteiger partial charge in [-0.05, 0) is 41.5 Å². The smallest absolute Gasteiger partial charge is 0.326 e. The first-order valence-electron chi connectivity index (χ1n) is 5.89. The van der Waals surface area contributed by atoms with Gasteiger partial charge in [0.25, 0.3) is 11.6 Å². The van der Waals surface area contributed by atoms with Crippen molar-refractivity contribution in [3.05, 3.63) is 37.4 Å². The number of nitro groups is 1. The van der Waals surface area contributed by atoms with Crippen LogP contribution < -0.4 is 0 Å². The van der Waals surface area contributed by atoms with Crippen molar-refractivity contribution in [3.8, 4) is 0 Å². The van der Waals surface area contributed by atoms with Gasteiger partial charge in [-0.15, -0.1) is 0 Å². The molecule has 1 aromatic carbocycles. The molecule has 0 unspecified atom stereocenters. The molecule has 2 rings (SSSR count). The van der Waals surface area contributed by atoms with E-state index in [1.807, 2.05) is 22.6 Å². The summed E-state index contributed by atoms with van der Waals surface area (Å²) in [5.74, 6) is -1.41. The fraction of sp³-hybridized carbons (Fsp3) is 0.333. The summed E-state index contributed by atoms with van der Waals surface area (Å²) in [6, 6.07) is 3.12. The SMILES string of the molecule is O=C(O)[C@@H]1CCCN1C(=O)c1ccc([N+](=O)[O-])cc1I. The Hall–Kier alpha value is -1.71. The van der Waals surface area contributed by atoms with Crippen LogP contribution in [-0.2, 0) is 4.79 Å². The molecule has 1 N–H and O–H groups in total. The molecule has 1 aliphatic rings. The number of carbonyl (C=O) groups excluding carboxylic acids is 1. The van der Waals surface area contributed by atoms with Crippen molar-refractivity contribution in [2.75, 3.05) is 6.54 Å². The highest BCUT2D eigenvalue weighted by Gasteiger charge is 2.35. The first-order valence-corrected chi connectivity index (χ1v) is 6.97. The Morgan fingerprint density at radius 2 is 2.15 bits per heavy atom. The Balaban J connectivity index is 2.29. The van der Waals surface area contributed by atoms with E-state index in [2.05, 4.69) is 0 Å². The third kappa shape index (κ3) is 2.74. The zero-order valence-electron chi connectivity index (χ0n) is 10.3. The van der Waals surface area contributed by atoms with Gasteiger partial charge in [-0.1, -0.05) is 0 Å². The largest absolute Gasteiger partial charge is 0.480 e. The maximum Gasteiger partial charge on any atom is 0.326 e. The number of halogens is 1. The van der Waals surface area contributed by atoms with E-state index >= 15 is 0 Å². The summed E-state index contributed by atoms with van der Waals surface area (Å²) in [6.07, 6.45) is 1.08. The lowest BCUT2D eigenvalue weighted by Crippen LogP contribution is -2.40. The van der Waals surface area contributed by atoms with Crippen LogP contribution in [-0.4, -0.2) is 39.4 Å². The lowest BCUT2D eigenvalue weighted by atomic mass is 10.1. The molecule has 106 valence electrons. The third-order valence-corrected chi connectivity index (χ3v) is 4.09. The molecule has 1 heterocycles. The Kier molecular flexibility index (Phi) is 4.21. The topological polar surface area (TPSA) is 101 Å². The number of carbonyl (C=O) groups is 2. The molecule has 1 amide bonds. The van der Waals surface area contributed by atoms with Crippen LogP contribution in [0.1, 0.15) is 23.2 Å². The molecule has 1 aromatic rings. The molecule has 7 nitrogen and oxygen atoms in total. The molecule has 20 heavy (non-hydrogen) atoms. The molecule has 0 bridgehead atoms. The quantitative estimate of drug-likeness (QED) is 0.483. The number of nitrogens with zero attached hydrogens (tertiary/aromatic N) is 2. The maximum atomic E-state index is 12.4. The Bertz CT molecular complexity index is 589. The Labute approximate surface area is 127 Å². The average molecular weight is 390 g/mol. The molecule has 0 radical (unpaired) electrons. The predicted molar refractivity (Wildman–Crippen MR) is 77.5 cm³/mol. The number of nitro benzene ring substituents is 1. The number of aliphatic carboxylic acids is 1. The fourth-order valence-electron chi connectivity index (χ4n) is 2.21. The minimum Gasteiger partial charge on any atom is -0.480 e. The Morgan fingerprint density at radius 1 is 1.45 bits per heavy atom. The van der Waals surface area contributed by atoms with Gasteiger partial charge in [0.2, 0.25) is 0 Å². The molecular formula is C12H11IN2O5. The van der Waals surface area contributed by atoms with Crippen LogP contribution in [0.25, 0.3) is 0 Å². The van der Waals surface area contributed by atoms with Crippen LogP contribution in [0.15, 0.2) is 18.2 Å². The van der Waals surface area contributed by atoms with Gasteiger partial charge in [-0.2, -0.15) is 0 Å². The van der Waals surface area contributed by atoms with Gasteiger partial charge in [0.05, 0.1) is 10.5 Å². The molecule has 0 saturated carbocycles. The number of likely N-dealkylation sites (tertiary alicyclic amines) is 1. The highest BCUT2D eigenvalue weighted by atomic mass is 127. The van der Waals surface area contributed by atoms with Gasteiger partial charge in [-0.3, -0.25) is 14.9 Å². The average Bonchev–Trinajstić information content (AvgIpc) is 2.87. The Morgan fingerprint density at radius 3 is 2.70 bits per heavy atom. The van der Waals surface area contributed by atoms with Crippen LogP contribution in [0.3, 0.4) is 0 Å². The van der Waals surface area contributed by atoms with E-state index in [1.54, 1.807) is 0 Å². The first-order chi connectivity index (χ1) is 9.41. The highest BCUT2D eigenvalue weighted by Crippen LogP contribution is 2.25. The van der Waals surface area contributed by atoms with Crippen molar-refractivity contribution >= 4 is 40.2 Å². The molecule has 1 fully saturated rings. The minimum absolute atomic E-state index is 0.0952. The van der Waals surface area contributed by atoms with Crippen molar-refractivity contribution in [1.29, 1.82) is 0 Å². The number of hydrogen-bond donors (Lipinski definition) is 1. The van der Waals surface area contributed by atoms with Gasteiger partial charge < -0.3 is 10.0 Å². The van der Waals surface area contributed by atoms with Crippen molar-refractivity contribution in [2.24, 2.45) is 0 Å². The number of carboxylic acid groups (broad SMARTS) is 1. The number of hydrogen-bond acceptors (Lipinski definition) is 4. The van der Waals surface area contributed by atoms with Gasteiger partial charge in [0.15, 0.2) is 0 Å². The summed E-state index contributed by atoms with van der Waals surface area (Å²) in [4.78, 5) is 34.9. The molecule has 1 aliphatic heterocycles. The number of rotatable bonds is 3. The van der Waals surface area contributed by atoms with E-state index in [1.165, 1.54) is 23.1 Å². The van der Waals surface area contributed by atoms with E-state index in [-0.39, 0.29) is 5.69 Å². The van der Waals surface area contributed by atoms with Gasteiger partial charge >= 0.3 is 5.97 Å². The number of carboxylic acids is 1. The van der Waals surface area contributed by atoms with E-state index < -0.39 is 22.8 Å².